The molecule has 0 saturated carbocycles. The van der Waals surface area contributed by atoms with Gasteiger partial charge in [0.1, 0.15) is 11.6 Å². The Bertz CT molecular complexity index is 777. The van der Waals surface area contributed by atoms with Crippen LogP contribution in [0.4, 0.5) is 10.1 Å². The number of imidazole rings is 1. The van der Waals surface area contributed by atoms with Crippen LogP contribution in [-0.2, 0) is 0 Å². The lowest BCUT2D eigenvalue weighted by atomic mass is 10.2. The number of nitrogens with two attached hydrogens (primary N) is 1. The number of hydrogen-bond donors (Lipinski definition) is 1. The summed E-state index contributed by atoms with van der Waals surface area (Å²) in [4.78, 5) is 8.59. The van der Waals surface area contributed by atoms with Gasteiger partial charge in [-0.2, -0.15) is 0 Å². The fourth-order valence-electron chi connectivity index (χ4n) is 2.39. The third-order valence-corrected chi connectivity index (χ3v) is 3.26. The molecule has 2 aromatic heterocycles. The van der Waals surface area contributed by atoms with Crippen LogP contribution in [-0.4, -0.2) is 14.5 Å². The van der Waals surface area contributed by atoms with E-state index in [0.717, 1.165) is 22.4 Å². The van der Waals surface area contributed by atoms with Crippen molar-refractivity contribution in [3.05, 3.63) is 42.5 Å². The molecule has 0 atom stereocenters. The Morgan fingerprint density at radius 3 is 2.75 bits per heavy atom. The molecule has 0 fully saturated rings. The summed E-state index contributed by atoms with van der Waals surface area (Å²) in [5.74, 6) is 0.467. The van der Waals surface area contributed by atoms with Gasteiger partial charge >= 0.3 is 0 Å². The summed E-state index contributed by atoms with van der Waals surface area (Å²) in [6, 6.07) is 6.57. The van der Waals surface area contributed by atoms with Gasteiger partial charge in [0.05, 0.1) is 22.9 Å². The fourth-order valence-corrected chi connectivity index (χ4v) is 2.39. The van der Waals surface area contributed by atoms with Crippen molar-refractivity contribution in [2.75, 3.05) is 5.73 Å². The van der Waals surface area contributed by atoms with Gasteiger partial charge < -0.3 is 10.3 Å². The van der Waals surface area contributed by atoms with Crippen molar-refractivity contribution in [2.45, 2.75) is 19.9 Å². The first-order chi connectivity index (χ1) is 9.58. The molecular formula is C15H15FN4. The Morgan fingerprint density at radius 2 is 2.05 bits per heavy atom. The maximum atomic E-state index is 13.5. The van der Waals surface area contributed by atoms with Gasteiger partial charge in [-0.05, 0) is 38.1 Å². The molecule has 2 heterocycles. The van der Waals surface area contributed by atoms with E-state index in [-0.39, 0.29) is 11.9 Å². The number of nitrogens with zero attached hydrogens (tertiary/aromatic N) is 3. The number of anilines is 1. The van der Waals surface area contributed by atoms with Crippen molar-refractivity contribution in [3.8, 4) is 11.4 Å². The second-order valence-corrected chi connectivity index (χ2v) is 5.00. The number of halogens is 1. The summed E-state index contributed by atoms with van der Waals surface area (Å²) in [5.41, 5.74) is 8.88. The predicted octanol–water partition coefficient (Wildman–Crippen LogP) is 3.40. The SMILES string of the molecule is CC(C)n1c(-c2ccncc2N)nc2ccc(F)cc21. The standard InChI is InChI=1S/C15H15FN4/c1-9(2)20-14-7-10(16)3-4-13(14)19-15(20)11-5-6-18-8-12(11)17/h3-9H,17H2,1-2H3. The summed E-state index contributed by atoms with van der Waals surface area (Å²) in [7, 11) is 0. The Balaban J connectivity index is 2.36. The van der Waals surface area contributed by atoms with E-state index >= 15 is 0 Å². The first kappa shape index (κ1) is 12.6. The Morgan fingerprint density at radius 1 is 1.25 bits per heavy atom. The van der Waals surface area contributed by atoms with Crippen molar-refractivity contribution in [2.24, 2.45) is 0 Å². The molecule has 0 aliphatic heterocycles. The zero-order valence-electron chi connectivity index (χ0n) is 11.3. The topological polar surface area (TPSA) is 56.7 Å². The van der Waals surface area contributed by atoms with Crippen LogP contribution in [0.5, 0.6) is 0 Å². The highest BCUT2D eigenvalue weighted by atomic mass is 19.1. The average molecular weight is 270 g/mol. The van der Waals surface area contributed by atoms with Gasteiger partial charge in [-0.25, -0.2) is 9.37 Å². The van der Waals surface area contributed by atoms with Crippen LogP contribution in [0, 0.1) is 5.82 Å². The summed E-state index contributed by atoms with van der Waals surface area (Å²) in [5, 5.41) is 0. The summed E-state index contributed by atoms with van der Waals surface area (Å²) in [6.45, 7) is 4.07. The molecule has 0 aliphatic carbocycles. The largest absolute Gasteiger partial charge is 0.397 e. The van der Waals surface area contributed by atoms with Crippen LogP contribution in [0.1, 0.15) is 19.9 Å². The molecule has 0 spiro atoms. The highest BCUT2D eigenvalue weighted by Gasteiger charge is 2.17. The summed E-state index contributed by atoms with van der Waals surface area (Å²) in [6.07, 6.45) is 3.27. The fraction of sp³-hybridized carbons (Fsp3) is 0.200. The van der Waals surface area contributed by atoms with Gasteiger partial charge in [-0.1, -0.05) is 0 Å². The maximum Gasteiger partial charge on any atom is 0.143 e. The van der Waals surface area contributed by atoms with Crippen LogP contribution in [0.3, 0.4) is 0 Å². The molecule has 5 heteroatoms. The van der Waals surface area contributed by atoms with Gasteiger partial charge in [0.2, 0.25) is 0 Å². The third-order valence-electron chi connectivity index (χ3n) is 3.26. The van der Waals surface area contributed by atoms with E-state index in [9.17, 15) is 4.39 Å². The number of rotatable bonds is 2. The van der Waals surface area contributed by atoms with Gasteiger partial charge in [0, 0.05) is 17.8 Å². The monoisotopic (exact) mass is 270 g/mol. The molecule has 102 valence electrons. The molecule has 3 aromatic rings. The van der Waals surface area contributed by atoms with Crippen LogP contribution in [0.2, 0.25) is 0 Å². The van der Waals surface area contributed by atoms with E-state index in [2.05, 4.69) is 9.97 Å². The Labute approximate surface area is 116 Å². The molecule has 0 bridgehead atoms. The lowest BCUT2D eigenvalue weighted by Crippen LogP contribution is -2.04. The molecule has 0 saturated heterocycles. The number of nitrogen functional groups attached to an aromatic ring is 1. The van der Waals surface area contributed by atoms with E-state index in [0.29, 0.717) is 5.69 Å². The van der Waals surface area contributed by atoms with Crippen LogP contribution in [0.25, 0.3) is 22.4 Å². The summed E-state index contributed by atoms with van der Waals surface area (Å²) < 4.78 is 15.5. The van der Waals surface area contributed by atoms with Gasteiger partial charge in [0.25, 0.3) is 0 Å². The van der Waals surface area contributed by atoms with Crippen molar-refractivity contribution in [3.63, 3.8) is 0 Å². The number of pyridine rings is 1. The number of aromatic nitrogens is 3. The second kappa shape index (κ2) is 4.59. The third kappa shape index (κ3) is 1.91. The number of fused-ring (bicyclic) bond motifs is 1. The lowest BCUT2D eigenvalue weighted by Gasteiger charge is -2.14. The van der Waals surface area contributed by atoms with Crippen LogP contribution >= 0.6 is 0 Å². The minimum Gasteiger partial charge on any atom is -0.397 e. The molecule has 2 N–H and O–H groups in total. The lowest BCUT2D eigenvalue weighted by molar-refractivity contribution is 0.613. The Kier molecular flexibility index (Phi) is 2.89. The minimum atomic E-state index is -0.270. The molecule has 0 aliphatic rings. The normalized spacial score (nSPS) is 11.4. The van der Waals surface area contributed by atoms with Gasteiger partial charge in [-0.3, -0.25) is 4.98 Å². The highest BCUT2D eigenvalue weighted by molar-refractivity contribution is 5.83. The number of hydrogen-bond acceptors (Lipinski definition) is 3. The van der Waals surface area contributed by atoms with E-state index in [1.807, 2.05) is 24.5 Å². The maximum absolute atomic E-state index is 13.5. The highest BCUT2D eigenvalue weighted by Crippen LogP contribution is 2.31. The van der Waals surface area contributed by atoms with E-state index in [4.69, 9.17) is 5.73 Å². The Hall–Kier alpha value is -2.43. The zero-order valence-corrected chi connectivity index (χ0v) is 11.3. The van der Waals surface area contributed by atoms with Gasteiger partial charge in [0.15, 0.2) is 0 Å². The average Bonchev–Trinajstić information content (AvgIpc) is 2.77. The smallest absolute Gasteiger partial charge is 0.143 e. The van der Waals surface area contributed by atoms with Crippen molar-refractivity contribution >= 4 is 16.7 Å². The van der Waals surface area contributed by atoms with Crippen LogP contribution < -0.4 is 5.73 Å². The molecular weight excluding hydrogens is 255 g/mol. The van der Waals surface area contributed by atoms with Crippen LogP contribution in [0.15, 0.2) is 36.7 Å². The molecule has 0 unspecified atom stereocenters. The molecule has 20 heavy (non-hydrogen) atoms. The summed E-state index contributed by atoms with van der Waals surface area (Å²) >= 11 is 0. The molecule has 0 amide bonds. The molecule has 4 nitrogen and oxygen atoms in total. The number of benzene rings is 1. The molecule has 1 aromatic carbocycles. The molecule has 3 rings (SSSR count). The quantitative estimate of drug-likeness (QED) is 0.776. The van der Waals surface area contributed by atoms with Crippen molar-refractivity contribution in [1.29, 1.82) is 0 Å². The van der Waals surface area contributed by atoms with E-state index in [1.165, 1.54) is 12.1 Å². The second-order valence-electron chi connectivity index (χ2n) is 5.00. The van der Waals surface area contributed by atoms with Gasteiger partial charge in [-0.15, -0.1) is 0 Å². The van der Waals surface area contributed by atoms with Crippen molar-refractivity contribution in [1.82, 2.24) is 14.5 Å². The van der Waals surface area contributed by atoms with E-state index in [1.54, 1.807) is 18.5 Å². The zero-order chi connectivity index (χ0) is 14.3. The van der Waals surface area contributed by atoms with E-state index < -0.39 is 0 Å². The first-order valence-corrected chi connectivity index (χ1v) is 6.45. The van der Waals surface area contributed by atoms with Crippen molar-refractivity contribution < 1.29 is 4.39 Å². The predicted molar refractivity (Wildman–Crippen MR) is 77.7 cm³/mol. The molecule has 0 radical (unpaired) electrons. The minimum absolute atomic E-state index is 0.143. The first-order valence-electron chi connectivity index (χ1n) is 6.45.